The molecular weight excluding hydrogens is 186 g/mol. The number of hydrogen-bond acceptors (Lipinski definition) is 3. The quantitative estimate of drug-likeness (QED) is 0.790. The second-order valence-electron chi connectivity index (χ2n) is 3.34. The summed E-state index contributed by atoms with van der Waals surface area (Å²) >= 11 is 0. The minimum absolute atomic E-state index is 0.711. The first-order chi connectivity index (χ1) is 7.31. The molecule has 0 aliphatic rings. The van der Waals surface area contributed by atoms with Gasteiger partial charge in [0.05, 0.1) is 11.6 Å². The molecule has 1 N–H and O–H groups in total. The maximum Gasteiger partial charge on any atom is 0.0991 e. The summed E-state index contributed by atoms with van der Waals surface area (Å²) in [6.07, 6.45) is 0. The van der Waals surface area contributed by atoms with Crippen LogP contribution in [0, 0.1) is 11.3 Å². The van der Waals surface area contributed by atoms with E-state index in [0.717, 1.165) is 19.6 Å². The summed E-state index contributed by atoms with van der Waals surface area (Å²) in [4.78, 5) is 2.28. The Morgan fingerprint density at radius 3 is 2.47 bits per heavy atom. The Kier molecular flexibility index (Phi) is 4.65. The Morgan fingerprint density at radius 2 is 2.00 bits per heavy atom. The number of nitrogens with zero attached hydrogens (tertiary/aromatic N) is 2. The molecule has 0 saturated heterocycles. The standard InChI is InChI=1S/C12H17N3/c1-3-15(9-8-14-2)12-6-4-11(10-13)5-7-12/h4-7,14H,3,8-9H2,1-2H3. The second kappa shape index (κ2) is 6.05. The molecule has 0 spiro atoms. The molecule has 0 aromatic heterocycles. The normalized spacial score (nSPS) is 9.67. The van der Waals surface area contributed by atoms with Gasteiger partial charge in [-0.05, 0) is 38.2 Å². The minimum atomic E-state index is 0.711. The zero-order valence-electron chi connectivity index (χ0n) is 9.33. The fraction of sp³-hybridized carbons (Fsp3) is 0.417. The molecule has 0 heterocycles. The van der Waals surface area contributed by atoms with Crippen LogP contribution in [0.2, 0.25) is 0 Å². The Balaban J connectivity index is 2.70. The summed E-state index contributed by atoms with van der Waals surface area (Å²) in [7, 11) is 1.95. The summed E-state index contributed by atoms with van der Waals surface area (Å²) in [5.74, 6) is 0. The molecule has 1 aromatic carbocycles. The van der Waals surface area contributed by atoms with Crippen molar-refractivity contribution in [2.45, 2.75) is 6.92 Å². The number of rotatable bonds is 5. The van der Waals surface area contributed by atoms with Crippen molar-refractivity contribution < 1.29 is 0 Å². The van der Waals surface area contributed by atoms with Crippen molar-refractivity contribution in [1.82, 2.24) is 5.32 Å². The second-order valence-corrected chi connectivity index (χ2v) is 3.34. The van der Waals surface area contributed by atoms with Crippen LogP contribution in [0.5, 0.6) is 0 Å². The van der Waals surface area contributed by atoms with E-state index in [1.165, 1.54) is 5.69 Å². The maximum absolute atomic E-state index is 8.69. The van der Waals surface area contributed by atoms with Crippen molar-refractivity contribution in [3.8, 4) is 6.07 Å². The first-order valence-electron chi connectivity index (χ1n) is 5.21. The molecule has 15 heavy (non-hydrogen) atoms. The van der Waals surface area contributed by atoms with Crippen molar-refractivity contribution in [2.75, 3.05) is 31.6 Å². The molecule has 1 aromatic rings. The number of nitriles is 1. The van der Waals surface area contributed by atoms with Crippen molar-refractivity contribution in [2.24, 2.45) is 0 Å². The molecular formula is C12H17N3. The highest BCUT2D eigenvalue weighted by molar-refractivity contribution is 5.49. The van der Waals surface area contributed by atoms with Gasteiger partial charge in [-0.2, -0.15) is 5.26 Å². The van der Waals surface area contributed by atoms with Crippen LogP contribution in [0.25, 0.3) is 0 Å². The van der Waals surface area contributed by atoms with Gasteiger partial charge >= 0.3 is 0 Å². The van der Waals surface area contributed by atoms with Gasteiger partial charge in [-0.15, -0.1) is 0 Å². The first kappa shape index (κ1) is 11.5. The van der Waals surface area contributed by atoms with E-state index in [2.05, 4.69) is 23.2 Å². The van der Waals surface area contributed by atoms with Crippen molar-refractivity contribution in [1.29, 1.82) is 5.26 Å². The SMILES string of the molecule is CCN(CCNC)c1ccc(C#N)cc1. The minimum Gasteiger partial charge on any atom is -0.371 e. The average molecular weight is 203 g/mol. The van der Waals surface area contributed by atoms with E-state index in [1.54, 1.807) is 0 Å². The predicted molar refractivity (Wildman–Crippen MR) is 63.0 cm³/mol. The molecule has 80 valence electrons. The van der Waals surface area contributed by atoms with E-state index >= 15 is 0 Å². The predicted octanol–water partition coefficient (Wildman–Crippen LogP) is 1.60. The Hall–Kier alpha value is -1.53. The fourth-order valence-electron chi connectivity index (χ4n) is 1.46. The molecule has 3 nitrogen and oxygen atoms in total. The third kappa shape index (κ3) is 3.26. The molecule has 0 bridgehead atoms. The highest BCUT2D eigenvalue weighted by atomic mass is 15.1. The fourth-order valence-corrected chi connectivity index (χ4v) is 1.46. The van der Waals surface area contributed by atoms with E-state index in [4.69, 9.17) is 5.26 Å². The monoisotopic (exact) mass is 203 g/mol. The van der Waals surface area contributed by atoms with Crippen molar-refractivity contribution in [3.05, 3.63) is 29.8 Å². The van der Waals surface area contributed by atoms with Gasteiger partial charge < -0.3 is 10.2 Å². The van der Waals surface area contributed by atoms with Crippen molar-refractivity contribution >= 4 is 5.69 Å². The average Bonchev–Trinajstić information content (AvgIpc) is 2.31. The lowest BCUT2D eigenvalue weighted by Crippen LogP contribution is -2.30. The number of hydrogen-bond donors (Lipinski definition) is 1. The molecule has 0 aliphatic heterocycles. The van der Waals surface area contributed by atoms with Crippen LogP contribution in [0.3, 0.4) is 0 Å². The summed E-state index contributed by atoms with van der Waals surface area (Å²) in [6.45, 7) is 5.06. The van der Waals surface area contributed by atoms with Crippen LogP contribution in [-0.4, -0.2) is 26.7 Å². The van der Waals surface area contributed by atoms with Gasteiger partial charge in [-0.3, -0.25) is 0 Å². The van der Waals surface area contributed by atoms with Crippen molar-refractivity contribution in [3.63, 3.8) is 0 Å². The van der Waals surface area contributed by atoms with Crippen LogP contribution in [0.4, 0.5) is 5.69 Å². The van der Waals surface area contributed by atoms with Crippen LogP contribution >= 0.6 is 0 Å². The van der Waals surface area contributed by atoms with E-state index in [9.17, 15) is 0 Å². The van der Waals surface area contributed by atoms with Crippen LogP contribution in [0.1, 0.15) is 12.5 Å². The summed E-state index contributed by atoms with van der Waals surface area (Å²) in [6, 6.07) is 9.84. The van der Waals surface area contributed by atoms with Gasteiger partial charge in [-0.1, -0.05) is 0 Å². The lowest BCUT2D eigenvalue weighted by Gasteiger charge is -2.22. The smallest absolute Gasteiger partial charge is 0.0991 e. The number of benzene rings is 1. The largest absolute Gasteiger partial charge is 0.371 e. The van der Waals surface area contributed by atoms with E-state index in [0.29, 0.717) is 5.56 Å². The molecule has 0 atom stereocenters. The van der Waals surface area contributed by atoms with Gasteiger partial charge in [-0.25, -0.2) is 0 Å². The zero-order valence-corrected chi connectivity index (χ0v) is 9.33. The van der Waals surface area contributed by atoms with Gasteiger partial charge in [0.25, 0.3) is 0 Å². The number of likely N-dealkylation sites (N-methyl/N-ethyl adjacent to an activating group) is 2. The van der Waals surface area contributed by atoms with Gasteiger partial charge in [0.1, 0.15) is 0 Å². The summed E-state index contributed by atoms with van der Waals surface area (Å²) in [5, 5.41) is 11.8. The molecule has 0 saturated carbocycles. The molecule has 1 rings (SSSR count). The number of anilines is 1. The molecule has 0 amide bonds. The van der Waals surface area contributed by atoms with E-state index < -0.39 is 0 Å². The maximum atomic E-state index is 8.69. The molecule has 3 heteroatoms. The van der Waals surface area contributed by atoms with Crippen LogP contribution in [0.15, 0.2) is 24.3 Å². The third-order valence-electron chi connectivity index (χ3n) is 2.37. The molecule has 0 unspecified atom stereocenters. The van der Waals surface area contributed by atoms with E-state index in [-0.39, 0.29) is 0 Å². The van der Waals surface area contributed by atoms with Gasteiger partial charge in [0.2, 0.25) is 0 Å². The summed E-state index contributed by atoms with van der Waals surface area (Å²) in [5.41, 5.74) is 1.88. The summed E-state index contributed by atoms with van der Waals surface area (Å²) < 4.78 is 0. The van der Waals surface area contributed by atoms with Crippen LogP contribution in [-0.2, 0) is 0 Å². The molecule has 0 aliphatic carbocycles. The number of nitrogens with one attached hydrogen (secondary N) is 1. The highest BCUT2D eigenvalue weighted by Crippen LogP contribution is 2.14. The lowest BCUT2D eigenvalue weighted by atomic mass is 10.2. The topological polar surface area (TPSA) is 39.1 Å². The van der Waals surface area contributed by atoms with Gasteiger partial charge in [0, 0.05) is 25.3 Å². The zero-order chi connectivity index (χ0) is 11.1. The van der Waals surface area contributed by atoms with Crippen LogP contribution < -0.4 is 10.2 Å². The Morgan fingerprint density at radius 1 is 1.33 bits per heavy atom. The third-order valence-corrected chi connectivity index (χ3v) is 2.37. The highest BCUT2D eigenvalue weighted by Gasteiger charge is 2.02. The Labute approximate surface area is 91.3 Å². The van der Waals surface area contributed by atoms with E-state index in [1.807, 2.05) is 31.3 Å². The first-order valence-corrected chi connectivity index (χ1v) is 5.21. The molecule has 0 radical (unpaired) electrons. The Bertz CT molecular complexity index is 324. The molecule has 0 fully saturated rings. The lowest BCUT2D eigenvalue weighted by molar-refractivity contribution is 0.737. The van der Waals surface area contributed by atoms with Gasteiger partial charge in [0.15, 0.2) is 0 Å².